The van der Waals surface area contributed by atoms with Crippen molar-refractivity contribution >= 4 is 11.6 Å². The van der Waals surface area contributed by atoms with Crippen LogP contribution in [0.25, 0.3) is 0 Å². The topological polar surface area (TPSA) is 135 Å². The van der Waals surface area contributed by atoms with E-state index in [-0.39, 0.29) is 46.2 Å². The molecule has 7 heteroatoms. The number of aliphatic hydroxyl groups is 3. The summed E-state index contributed by atoms with van der Waals surface area (Å²) in [6, 6.07) is 6.07. The third-order valence-electron chi connectivity index (χ3n) is 5.17. The predicted octanol–water partition coefficient (Wildman–Crippen LogP) is 0.576. The molecular formula is C19H16O7. The summed E-state index contributed by atoms with van der Waals surface area (Å²) in [4.78, 5) is 25.6. The van der Waals surface area contributed by atoms with Crippen LogP contribution in [0.4, 0.5) is 0 Å². The van der Waals surface area contributed by atoms with Crippen LogP contribution >= 0.6 is 0 Å². The lowest BCUT2D eigenvalue weighted by Gasteiger charge is -2.36. The predicted molar refractivity (Wildman–Crippen MR) is 88.4 cm³/mol. The average Bonchev–Trinajstić information content (AvgIpc) is 2.62. The monoisotopic (exact) mass is 356 g/mol. The molecule has 0 fully saturated rings. The van der Waals surface area contributed by atoms with Crippen molar-refractivity contribution in [2.45, 2.75) is 24.5 Å². The number of hydrogen-bond donors (Lipinski definition) is 5. The fourth-order valence-corrected chi connectivity index (χ4v) is 3.90. The molecular weight excluding hydrogens is 340 g/mol. The van der Waals surface area contributed by atoms with Gasteiger partial charge in [0.25, 0.3) is 0 Å². The molecule has 0 spiro atoms. The van der Waals surface area contributed by atoms with Crippen LogP contribution in [0.5, 0.6) is 11.5 Å². The highest BCUT2D eigenvalue weighted by Gasteiger charge is 2.44. The summed E-state index contributed by atoms with van der Waals surface area (Å²) in [7, 11) is 0. The minimum absolute atomic E-state index is 0.0444. The smallest absolute Gasteiger partial charge is 0.198 e. The number of aliphatic hydroxyl groups excluding tert-OH is 2. The van der Waals surface area contributed by atoms with Gasteiger partial charge in [0.15, 0.2) is 11.6 Å². The number of phenols is 2. The van der Waals surface area contributed by atoms with Crippen LogP contribution in [0.15, 0.2) is 24.3 Å². The van der Waals surface area contributed by atoms with Crippen LogP contribution in [0.2, 0.25) is 0 Å². The van der Waals surface area contributed by atoms with Gasteiger partial charge in [0.05, 0.1) is 29.4 Å². The number of rotatable bonds is 1. The second kappa shape index (κ2) is 5.38. The van der Waals surface area contributed by atoms with E-state index in [1.54, 1.807) is 12.1 Å². The first-order chi connectivity index (χ1) is 12.3. The van der Waals surface area contributed by atoms with Crippen molar-refractivity contribution in [1.29, 1.82) is 0 Å². The Morgan fingerprint density at radius 2 is 1.54 bits per heavy atom. The third-order valence-corrected chi connectivity index (χ3v) is 5.17. The van der Waals surface area contributed by atoms with E-state index in [2.05, 4.69) is 0 Å². The summed E-state index contributed by atoms with van der Waals surface area (Å²) in [6.07, 6.45) is -1.96. The number of benzene rings is 2. The van der Waals surface area contributed by atoms with Gasteiger partial charge in [-0.2, -0.15) is 0 Å². The van der Waals surface area contributed by atoms with Crippen molar-refractivity contribution in [1.82, 2.24) is 0 Å². The normalized spacial score (nSPS) is 24.0. The van der Waals surface area contributed by atoms with Crippen LogP contribution in [0, 0.1) is 0 Å². The largest absolute Gasteiger partial charge is 0.507 e. The zero-order valence-corrected chi connectivity index (χ0v) is 13.6. The summed E-state index contributed by atoms with van der Waals surface area (Å²) in [5, 5.41) is 51.4. The number of carbonyl (C=O) groups excluding carboxylic acids is 2. The molecule has 2 aliphatic rings. The Labute approximate surface area is 147 Å². The van der Waals surface area contributed by atoms with E-state index >= 15 is 0 Å². The standard InChI is InChI=1S/C19H16O7/c20-7-19(26)5-10-12(11(21)6-19)18(25)14-13(17(10)24)15(22)8-3-1-2-4-9(8)16(14)23/h1-4,11,20-21,24-26H,5-7H2/t11-,19+/m0/s1. The molecule has 134 valence electrons. The third kappa shape index (κ3) is 2.05. The minimum atomic E-state index is -1.70. The molecule has 5 N–H and O–H groups in total. The molecule has 26 heavy (non-hydrogen) atoms. The first-order valence-electron chi connectivity index (χ1n) is 8.09. The van der Waals surface area contributed by atoms with Crippen molar-refractivity contribution in [2.24, 2.45) is 0 Å². The Morgan fingerprint density at radius 3 is 2.08 bits per heavy atom. The molecule has 7 nitrogen and oxygen atoms in total. The molecule has 0 saturated heterocycles. The Kier molecular flexibility index (Phi) is 3.46. The summed E-state index contributed by atoms with van der Waals surface area (Å²) >= 11 is 0. The summed E-state index contributed by atoms with van der Waals surface area (Å²) < 4.78 is 0. The fourth-order valence-electron chi connectivity index (χ4n) is 3.90. The molecule has 2 aromatic carbocycles. The molecule has 0 aromatic heterocycles. The number of hydrogen-bond acceptors (Lipinski definition) is 7. The zero-order chi connectivity index (χ0) is 18.8. The lowest BCUT2D eigenvalue weighted by atomic mass is 9.73. The molecule has 0 unspecified atom stereocenters. The van der Waals surface area contributed by atoms with Gasteiger partial charge >= 0.3 is 0 Å². The van der Waals surface area contributed by atoms with Crippen molar-refractivity contribution in [2.75, 3.05) is 6.61 Å². The van der Waals surface area contributed by atoms with Crippen molar-refractivity contribution in [3.05, 3.63) is 57.6 Å². The SMILES string of the molecule is O=C1c2ccccc2C(=O)c2c(O)c3c(c(O)c21)C[C@](O)(CO)C[C@@H]3O. The molecule has 0 amide bonds. The highest BCUT2D eigenvalue weighted by atomic mass is 16.3. The van der Waals surface area contributed by atoms with Crippen LogP contribution < -0.4 is 0 Å². The quantitative estimate of drug-likeness (QED) is 0.402. The van der Waals surface area contributed by atoms with E-state index in [0.717, 1.165) is 0 Å². The van der Waals surface area contributed by atoms with E-state index in [4.69, 9.17) is 0 Å². The van der Waals surface area contributed by atoms with Crippen molar-refractivity contribution < 1.29 is 35.1 Å². The molecule has 0 radical (unpaired) electrons. The number of fused-ring (bicyclic) bond motifs is 3. The summed E-state index contributed by atoms with van der Waals surface area (Å²) in [6.45, 7) is -0.670. The number of carbonyl (C=O) groups is 2. The molecule has 0 heterocycles. The lowest BCUT2D eigenvalue weighted by Crippen LogP contribution is -2.41. The zero-order valence-electron chi connectivity index (χ0n) is 13.6. The maximum absolute atomic E-state index is 12.8. The molecule has 0 saturated carbocycles. The highest BCUT2D eigenvalue weighted by molar-refractivity contribution is 6.30. The number of aromatic hydroxyl groups is 2. The van der Waals surface area contributed by atoms with E-state index in [9.17, 15) is 35.1 Å². The Hall–Kier alpha value is -2.74. The van der Waals surface area contributed by atoms with Gasteiger partial charge in [0, 0.05) is 35.1 Å². The maximum atomic E-state index is 12.8. The van der Waals surface area contributed by atoms with Gasteiger partial charge in [-0.05, 0) is 0 Å². The minimum Gasteiger partial charge on any atom is -0.507 e. The van der Waals surface area contributed by atoms with Crippen molar-refractivity contribution in [3.8, 4) is 11.5 Å². The van der Waals surface area contributed by atoms with Gasteiger partial charge < -0.3 is 25.5 Å². The summed E-state index contributed by atoms with van der Waals surface area (Å²) in [5.74, 6) is -2.39. The van der Waals surface area contributed by atoms with E-state index < -0.39 is 41.4 Å². The van der Waals surface area contributed by atoms with Gasteiger partial charge in [-0.25, -0.2) is 0 Å². The van der Waals surface area contributed by atoms with E-state index in [1.807, 2.05) is 0 Å². The number of ketones is 2. The van der Waals surface area contributed by atoms with Gasteiger partial charge in [-0.1, -0.05) is 24.3 Å². The van der Waals surface area contributed by atoms with Gasteiger partial charge in [0.1, 0.15) is 11.5 Å². The van der Waals surface area contributed by atoms with Crippen LogP contribution in [-0.4, -0.2) is 49.3 Å². The molecule has 2 atom stereocenters. The lowest BCUT2D eigenvalue weighted by molar-refractivity contribution is -0.0595. The first-order valence-corrected chi connectivity index (χ1v) is 8.09. The Balaban J connectivity index is 2.04. The average molecular weight is 356 g/mol. The molecule has 2 aromatic rings. The summed E-state index contributed by atoms with van der Waals surface area (Å²) in [5.41, 5.74) is -2.33. The fraction of sp³-hybridized carbons (Fsp3) is 0.263. The van der Waals surface area contributed by atoms with Crippen LogP contribution in [0.3, 0.4) is 0 Å². The highest BCUT2D eigenvalue weighted by Crippen LogP contribution is 2.49. The van der Waals surface area contributed by atoms with Gasteiger partial charge in [0.2, 0.25) is 0 Å². The number of phenolic OH excluding ortho intramolecular Hbond substituents is 2. The Bertz CT molecular complexity index is 978. The van der Waals surface area contributed by atoms with Gasteiger partial charge in [-0.15, -0.1) is 0 Å². The molecule has 0 aliphatic heterocycles. The van der Waals surface area contributed by atoms with Crippen LogP contribution in [-0.2, 0) is 6.42 Å². The second-order valence-corrected chi connectivity index (χ2v) is 6.82. The first kappa shape index (κ1) is 16.7. The maximum Gasteiger partial charge on any atom is 0.198 e. The molecule has 4 rings (SSSR count). The van der Waals surface area contributed by atoms with Gasteiger partial charge in [-0.3, -0.25) is 9.59 Å². The van der Waals surface area contributed by atoms with E-state index in [0.29, 0.717) is 0 Å². The molecule has 2 aliphatic carbocycles. The van der Waals surface area contributed by atoms with E-state index in [1.165, 1.54) is 12.1 Å². The second-order valence-electron chi connectivity index (χ2n) is 6.82. The molecule has 0 bridgehead atoms. The van der Waals surface area contributed by atoms with Crippen LogP contribution in [0.1, 0.15) is 55.5 Å². The Morgan fingerprint density at radius 1 is 1.00 bits per heavy atom. The van der Waals surface area contributed by atoms with Crippen molar-refractivity contribution in [3.63, 3.8) is 0 Å².